The van der Waals surface area contributed by atoms with Crippen LogP contribution in [0.3, 0.4) is 0 Å². The molecule has 1 aliphatic rings. The maximum atomic E-state index is 13.3. The summed E-state index contributed by atoms with van der Waals surface area (Å²) < 4.78 is 13.3. The quantitative estimate of drug-likeness (QED) is 0.189. The van der Waals surface area contributed by atoms with Gasteiger partial charge >= 0.3 is 0 Å². The Morgan fingerprint density at radius 2 is 1.74 bits per heavy atom. The Labute approximate surface area is 210 Å². The third-order valence-electron chi connectivity index (χ3n) is 6.20. The van der Waals surface area contributed by atoms with Crippen molar-refractivity contribution in [3.05, 3.63) is 111 Å². The summed E-state index contributed by atoms with van der Waals surface area (Å²) in [7, 11) is 0. The molecule has 176 valence electrons. The predicted molar refractivity (Wildman–Crippen MR) is 134 cm³/mol. The van der Waals surface area contributed by atoms with Crippen molar-refractivity contribution in [2.75, 3.05) is 6.54 Å². The molecule has 1 amide bonds. The number of aliphatic hydroxyl groups excluding tert-OH is 1. The van der Waals surface area contributed by atoms with Gasteiger partial charge in [0.2, 0.25) is 0 Å². The standard InChI is InChI=1S/C27H19Cl2FN2O3/c28-20-10-7-16(13-21(20)29)25(33)23-24(19-14-31-22-4-2-1-3-18(19)22)32(27(35)26(23)34)12-11-15-5-8-17(30)9-6-15/h1-10,13-14,24,31,33H,11-12H2/b25-23+. The van der Waals surface area contributed by atoms with Crippen LogP contribution in [0.2, 0.25) is 10.0 Å². The van der Waals surface area contributed by atoms with Crippen LogP contribution in [-0.4, -0.2) is 33.2 Å². The largest absolute Gasteiger partial charge is 0.507 e. The molecule has 1 atom stereocenters. The van der Waals surface area contributed by atoms with E-state index < -0.39 is 17.7 Å². The van der Waals surface area contributed by atoms with Crippen LogP contribution in [0.4, 0.5) is 4.39 Å². The van der Waals surface area contributed by atoms with E-state index in [1.54, 1.807) is 24.4 Å². The number of carbonyl (C=O) groups is 2. The molecule has 3 aromatic carbocycles. The first kappa shape index (κ1) is 23.1. The van der Waals surface area contributed by atoms with E-state index in [-0.39, 0.29) is 34.3 Å². The number of amides is 1. The van der Waals surface area contributed by atoms with Crippen molar-refractivity contribution in [3.8, 4) is 0 Å². The van der Waals surface area contributed by atoms with E-state index in [1.807, 2.05) is 24.3 Å². The number of benzene rings is 3. The smallest absolute Gasteiger partial charge is 0.295 e. The Hall–Kier alpha value is -3.61. The topological polar surface area (TPSA) is 73.4 Å². The van der Waals surface area contributed by atoms with Crippen LogP contribution < -0.4 is 0 Å². The van der Waals surface area contributed by atoms with Crippen LogP contribution in [-0.2, 0) is 16.0 Å². The number of ketones is 1. The van der Waals surface area contributed by atoms with Gasteiger partial charge in [0, 0.05) is 34.8 Å². The van der Waals surface area contributed by atoms with E-state index in [0.29, 0.717) is 17.0 Å². The molecule has 0 aliphatic carbocycles. The van der Waals surface area contributed by atoms with Gasteiger partial charge in [-0.1, -0.05) is 53.5 Å². The van der Waals surface area contributed by atoms with Gasteiger partial charge in [-0.25, -0.2) is 4.39 Å². The molecule has 2 N–H and O–H groups in total. The second kappa shape index (κ2) is 9.21. The van der Waals surface area contributed by atoms with Gasteiger partial charge in [0.15, 0.2) is 0 Å². The van der Waals surface area contributed by atoms with Crippen molar-refractivity contribution in [1.82, 2.24) is 9.88 Å². The third-order valence-corrected chi connectivity index (χ3v) is 6.94. The maximum Gasteiger partial charge on any atom is 0.295 e. The molecule has 1 unspecified atom stereocenters. The zero-order valence-corrected chi connectivity index (χ0v) is 19.8. The zero-order chi connectivity index (χ0) is 24.7. The molecule has 1 aliphatic heterocycles. The number of aromatic amines is 1. The highest BCUT2D eigenvalue weighted by molar-refractivity contribution is 6.47. The van der Waals surface area contributed by atoms with E-state index in [4.69, 9.17) is 23.2 Å². The number of H-pyrrole nitrogens is 1. The number of nitrogens with one attached hydrogen (secondary N) is 1. The lowest BCUT2D eigenvalue weighted by Crippen LogP contribution is -2.31. The van der Waals surface area contributed by atoms with Crippen molar-refractivity contribution < 1.29 is 19.1 Å². The van der Waals surface area contributed by atoms with Crippen LogP contribution in [0.5, 0.6) is 0 Å². The molecule has 8 heteroatoms. The fourth-order valence-corrected chi connectivity index (χ4v) is 4.75. The first-order valence-corrected chi connectivity index (χ1v) is 11.6. The minimum Gasteiger partial charge on any atom is -0.507 e. The summed E-state index contributed by atoms with van der Waals surface area (Å²) in [4.78, 5) is 31.1. The summed E-state index contributed by atoms with van der Waals surface area (Å²) in [6, 6.07) is 17.2. The number of hydrogen-bond donors (Lipinski definition) is 2. The van der Waals surface area contributed by atoms with Gasteiger partial charge in [0.1, 0.15) is 11.6 Å². The summed E-state index contributed by atoms with van der Waals surface area (Å²) in [5.41, 5.74) is 2.58. The summed E-state index contributed by atoms with van der Waals surface area (Å²) in [6.45, 7) is 0.193. The molecule has 2 heterocycles. The number of aromatic nitrogens is 1. The number of fused-ring (bicyclic) bond motifs is 1. The minimum atomic E-state index is -0.832. The number of likely N-dealkylation sites (tertiary alicyclic amines) is 1. The molecule has 0 saturated carbocycles. The Morgan fingerprint density at radius 3 is 2.49 bits per heavy atom. The molecule has 1 saturated heterocycles. The Morgan fingerprint density at radius 1 is 1.00 bits per heavy atom. The number of hydrogen-bond acceptors (Lipinski definition) is 3. The van der Waals surface area contributed by atoms with Gasteiger partial charge in [0.05, 0.1) is 21.7 Å². The fourth-order valence-electron chi connectivity index (χ4n) is 4.45. The zero-order valence-electron chi connectivity index (χ0n) is 18.3. The second-order valence-electron chi connectivity index (χ2n) is 8.29. The van der Waals surface area contributed by atoms with Crippen molar-refractivity contribution in [2.24, 2.45) is 0 Å². The Bertz CT molecular complexity index is 1490. The normalized spacial score (nSPS) is 17.5. The van der Waals surface area contributed by atoms with E-state index >= 15 is 0 Å². The van der Waals surface area contributed by atoms with Crippen molar-refractivity contribution in [1.29, 1.82) is 0 Å². The molecule has 1 fully saturated rings. The van der Waals surface area contributed by atoms with E-state index in [2.05, 4.69) is 4.98 Å². The van der Waals surface area contributed by atoms with Crippen molar-refractivity contribution in [3.63, 3.8) is 0 Å². The maximum absolute atomic E-state index is 13.3. The Balaban J connectivity index is 1.63. The molecule has 35 heavy (non-hydrogen) atoms. The number of nitrogens with zero attached hydrogens (tertiary/aromatic N) is 1. The van der Waals surface area contributed by atoms with Crippen LogP contribution in [0.15, 0.2) is 78.5 Å². The molecule has 0 spiro atoms. The molecular weight excluding hydrogens is 490 g/mol. The summed E-state index contributed by atoms with van der Waals surface area (Å²) in [5.74, 6) is -2.19. The number of halogens is 3. The number of carbonyl (C=O) groups excluding carboxylic acids is 2. The van der Waals surface area contributed by atoms with E-state index in [1.165, 1.54) is 29.2 Å². The van der Waals surface area contributed by atoms with Crippen LogP contribution in [0.1, 0.15) is 22.7 Å². The summed E-state index contributed by atoms with van der Waals surface area (Å²) >= 11 is 12.2. The lowest BCUT2D eigenvalue weighted by Gasteiger charge is -2.25. The van der Waals surface area contributed by atoms with Gasteiger partial charge in [-0.05, 0) is 48.4 Å². The summed E-state index contributed by atoms with van der Waals surface area (Å²) in [6.07, 6.45) is 2.15. The lowest BCUT2D eigenvalue weighted by atomic mass is 9.95. The lowest BCUT2D eigenvalue weighted by molar-refractivity contribution is -0.139. The average molecular weight is 509 g/mol. The summed E-state index contributed by atoms with van der Waals surface area (Å²) in [5, 5.41) is 12.6. The van der Waals surface area contributed by atoms with Gasteiger partial charge in [-0.15, -0.1) is 0 Å². The molecule has 0 radical (unpaired) electrons. The third kappa shape index (κ3) is 4.20. The van der Waals surface area contributed by atoms with Crippen LogP contribution in [0, 0.1) is 5.82 Å². The monoisotopic (exact) mass is 508 g/mol. The van der Waals surface area contributed by atoms with Crippen LogP contribution in [0.25, 0.3) is 16.7 Å². The predicted octanol–water partition coefficient (Wildman–Crippen LogP) is 6.28. The number of Topliss-reactive ketones (excluding diaryl/α,β-unsaturated/α-hetero) is 1. The van der Waals surface area contributed by atoms with E-state index in [9.17, 15) is 19.1 Å². The first-order valence-electron chi connectivity index (χ1n) is 10.9. The number of aliphatic hydroxyl groups is 1. The van der Waals surface area contributed by atoms with Crippen molar-refractivity contribution in [2.45, 2.75) is 12.5 Å². The molecule has 5 rings (SSSR count). The number of para-hydroxylation sites is 1. The molecular formula is C27H19Cl2FN2O3. The van der Waals surface area contributed by atoms with Crippen LogP contribution >= 0.6 is 23.2 Å². The second-order valence-corrected chi connectivity index (χ2v) is 9.10. The number of rotatable bonds is 5. The minimum absolute atomic E-state index is 0.0303. The SMILES string of the molecule is O=C1C(=O)N(CCc2ccc(F)cc2)C(c2c[nH]c3ccccc23)/C1=C(\O)c1ccc(Cl)c(Cl)c1. The average Bonchev–Trinajstić information content (AvgIpc) is 3.39. The van der Waals surface area contributed by atoms with Gasteiger partial charge < -0.3 is 15.0 Å². The van der Waals surface area contributed by atoms with E-state index in [0.717, 1.165) is 16.5 Å². The molecule has 1 aromatic heterocycles. The Kier molecular flexibility index (Phi) is 6.09. The molecule has 0 bridgehead atoms. The molecule has 5 nitrogen and oxygen atoms in total. The highest BCUT2D eigenvalue weighted by Crippen LogP contribution is 2.42. The highest BCUT2D eigenvalue weighted by atomic mass is 35.5. The highest BCUT2D eigenvalue weighted by Gasteiger charge is 2.46. The van der Waals surface area contributed by atoms with Gasteiger partial charge in [-0.3, -0.25) is 9.59 Å². The molecule has 4 aromatic rings. The first-order chi connectivity index (χ1) is 16.8. The fraction of sp³-hybridized carbons (Fsp3) is 0.111. The van der Waals surface area contributed by atoms with Crippen molar-refractivity contribution >= 4 is 51.6 Å². The van der Waals surface area contributed by atoms with Gasteiger partial charge in [-0.2, -0.15) is 0 Å². The van der Waals surface area contributed by atoms with Gasteiger partial charge in [0.25, 0.3) is 11.7 Å².